The zero-order valence-corrected chi connectivity index (χ0v) is 19.3. The lowest BCUT2D eigenvalue weighted by Gasteiger charge is -2.33. The maximum Gasteiger partial charge on any atom is 0.268 e. The van der Waals surface area contributed by atoms with E-state index in [2.05, 4.69) is 24.2 Å². The lowest BCUT2D eigenvalue weighted by molar-refractivity contribution is -0.904. The summed E-state index contributed by atoms with van der Waals surface area (Å²) in [7, 11) is 4.23. The average Bonchev–Trinajstić information content (AvgIpc) is 3.31. The van der Waals surface area contributed by atoms with Gasteiger partial charge in [0.15, 0.2) is 0 Å². The smallest absolute Gasteiger partial charge is 0.268 e. The van der Waals surface area contributed by atoms with E-state index in [-0.39, 0.29) is 5.89 Å². The maximum atomic E-state index is 11.9. The van der Waals surface area contributed by atoms with Crippen LogP contribution in [0.15, 0.2) is 83.4 Å². The lowest BCUT2D eigenvalue weighted by atomic mass is 9.83. The first kappa shape index (κ1) is 22.1. The molecule has 0 aliphatic carbocycles. The standard InChI is InChI=1S/C27H28N3O4/c1-30(2,17-10-18-32-20-11-4-3-5-12-20)19-25-28-26(34-29-25)27(31)21-13-6-8-15-23(21)33-24-16-9-7-14-22(24)27/h3-9,11-16,31H,10,17-19H2,1-2H3/q+1. The second-order valence-electron chi connectivity index (χ2n) is 9.15. The van der Waals surface area contributed by atoms with Crippen molar-refractivity contribution in [3.8, 4) is 17.2 Å². The van der Waals surface area contributed by atoms with Crippen LogP contribution in [-0.2, 0) is 12.1 Å². The quantitative estimate of drug-likeness (QED) is 0.309. The van der Waals surface area contributed by atoms with Crippen LogP contribution in [0.1, 0.15) is 29.3 Å². The van der Waals surface area contributed by atoms with Gasteiger partial charge in [-0.25, -0.2) is 0 Å². The Labute approximate surface area is 198 Å². The van der Waals surface area contributed by atoms with Gasteiger partial charge >= 0.3 is 0 Å². The van der Waals surface area contributed by atoms with Gasteiger partial charge in [0.2, 0.25) is 11.4 Å². The van der Waals surface area contributed by atoms with E-state index in [1.165, 1.54) is 0 Å². The SMILES string of the molecule is C[N+](C)(CCCOc1ccccc1)Cc1noc(C2(O)c3ccccc3Oc3ccccc32)n1. The molecule has 5 rings (SSSR count). The molecule has 0 radical (unpaired) electrons. The van der Waals surface area contributed by atoms with Crippen molar-refractivity contribution >= 4 is 0 Å². The maximum absolute atomic E-state index is 11.9. The number of nitrogens with zero attached hydrogens (tertiary/aromatic N) is 3. The number of rotatable bonds is 8. The van der Waals surface area contributed by atoms with E-state index in [0.717, 1.165) is 18.7 Å². The molecule has 1 aliphatic rings. The molecular formula is C27H28N3O4+. The van der Waals surface area contributed by atoms with Gasteiger partial charge in [0, 0.05) is 17.5 Å². The molecular weight excluding hydrogens is 430 g/mol. The number of benzene rings is 3. The third-order valence-electron chi connectivity index (χ3n) is 6.04. The summed E-state index contributed by atoms with van der Waals surface area (Å²) in [5.74, 6) is 2.69. The summed E-state index contributed by atoms with van der Waals surface area (Å²) in [5, 5.41) is 16.2. The molecule has 1 N–H and O–H groups in total. The van der Waals surface area contributed by atoms with Crippen molar-refractivity contribution in [2.24, 2.45) is 0 Å². The highest BCUT2D eigenvalue weighted by Gasteiger charge is 2.46. The monoisotopic (exact) mass is 458 g/mol. The predicted octanol–water partition coefficient (Wildman–Crippen LogP) is 4.51. The minimum atomic E-state index is -1.59. The van der Waals surface area contributed by atoms with Crippen LogP contribution in [0, 0.1) is 0 Å². The Kier molecular flexibility index (Phi) is 5.81. The molecule has 0 saturated heterocycles. The second kappa shape index (κ2) is 8.93. The summed E-state index contributed by atoms with van der Waals surface area (Å²) in [5.41, 5.74) is -0.427. The van der Waals surface area contributed by atoms with Crippen LogP contribution in [0.25, 0.3) is 0 Å². The summed E-state index contributed by atoms with van der Waals surface area (Å²) in [4.78, 5) is 4.63. The van der Waals surface area contributed by atoms with Crippen LogP contribution in [0.4, 0.5) is 0 Å². The topological polar surface area (TPSA) is 77.6 Å². The average molecular weight is 459 g/mol. The molecule has 0 bridgehead atoms. The molecule has 174 valence electrons. The van der Waals surface area contributed by atoms with Crippen molar-refractivity contribution in [3.63, 3.8) is 0 Å². The third-order valence-corrected chi connectivity index (χ3v) is 6.04. The van der Waals surface area contributed by atoms with Crippen LogP contribution >= 0.6 is 0 Å². The first-order valence-electron chi connectivity index (χ1n) is 11.4. The molecule has 1 aliphatic heterocycles. The fourth-order valence-electron chi connectivity index (χ4n) is 4.33. The number of fused-ring (bicyclic) bond motifs is 2. The van der Waals surface area contributed by atoms with Gasteiger partial charge in [-0.1, -0.05) is 59.8 Å². The summed E-state index contributed by atoms with van der Waals surface area (Å²) < 4.78 is 18.1. The highest BCUT2D eigenvalue weighted by atomic mass is 16.5. The van der Waals surface area contributed by atoms with Gasteiger partial charge in [0.1, 0.15) is 23.8 Å². The molecule has 7 nitrogen and oxygen atoms in total. The van der Waals surface area contributed by atoms with Crippen LogP contribution in [0.3, 0.4) is 0 Å². The number of aromatic nitrogens is 2. The molecule has 0 spiro atoms. The fraction of sp³-hybridized carbons (Fsp3) is 0.259. The van der Waals surface area contributed by atoms with Gasteiger partial charge in [-0.3, -0.25) is 0 Å². The Morgan fingerprint density at radius 2 is 1.50 bits per heavy atom. The van der Waals surface area contributed by atoms with Crippen LogP contribution < -0.4 is 9.47 Å². The fourth-order valence-corrected chi connectivity index (χ4v) is 4.33. The molecule has 7 heteroatoms. The van der Waals surface area contributed by atoms with E-state index in [1.54, 1.807) is 0 Å². The van der Waals surface area contributed by atoms with Gasteiger partial charge < -0.3 is 23.6 Å². The Morgan fingerprint density at radius 3 is 2.18 bits per heavy atom. The largest absolute Gasteiger partial charge is 0.493 e. The van der Waals surface area contributed by atoms with Crippen molar-refractivity contribution in [3.05, 3.63) is 102 Å². The van der Waals surface area contributed by atoms with Crippen LogP contribution in [-0.4, -0.2) is 47.0 Å². The summed E-state index contributed by atoms with van der Waals surface area (Å²) in [6.07, 6.45) is 0.884. The summed E-state index contributed by atoms with van der Waals surface area (Å²) in [6.45, 7) is 2.07. The van der Waals surface area contributed by atoms with Crippen molar-refractivity contribution in [1.82, 2.24) is 10.1 Å². The summed E-state index contributed by atoms with van der Waals surface area (Å²) in [6, 6.07) is 24.6. The molecule has 0 fully saturated rings. The number of hydrogen-bond donors (Lipinski definition) is 1. The molecule has 0 unspecified atom stereocenters. The highest BCUT2D eigenvalue weighted by molar-refractivity contribution is 5.58. The number of para-hydroxylation sites is 3. The van der Waals surface area contributed by atoms with Crippen molar-refractivity contribution < 1.29 is 23.6 Å². The normalized spacial score (nSPS) is 14.1. The molecule has 0 amide bonds. The minimum Gasteiger partial charge on any atom is -0.493 e. The number of hydrogen-bond acceptors (Lipinski definition) is 6. The third kappa shape index (κ3) is 4.27. The van der Waals surface area contributed by atoms with Crippen molar-refractivity contribution in [2.45, 2.75) is 18.6 Å². The minimum absolute atomic E-state index is 0.137. The van der Waals surface area contributed by atoms with Crippen LogP contribution in [0.2, 0.25) is 0 Å². The Hall–Kier alpha value is -3.68. The second-order valence-corrected chi connectivity index (χ2v) is 9.15. The molecule has 4 aromatic rings. The van der Waals surface area contributed by atoms with Gasteiger partial charge in [-0.2, -0.15) is 4.98 Å². The summed E-state index contributed by atoms with van der Waals surface area (Å²) >= 11 is 0. The first-order chi connectivity index (χ1) is 16.5. The van der Waals surface area contributed by atoms with Crippen LogP contribution in [0.5, 0.6) is 17.2 Å². The molecule has 0 saturated carbocycles. The molecule has 0 atom stereocenters. The molecule has 3 aromatic carbocycles. The molecule has 34 heavy (non-hydrogen) atoms. The number of ether oxygens (including phenoxy) is 2. The van der Waals surface area contributed by atoms with Crippen molar-refractivity contribution in [2.75, 3.05) is 27.2 Å². The van der Waals surface area contributed by atoms with Gasteiger partial charge in [0.05, 0.1) is 27.2 Å². The van der Waals surface area contributed by atoms with E-state index in [1.807, 2.05) is 78.9 Å². The number of aliphatic hydroxyl groups is 1. The van der Waals surface area contributed by atoms with E-state index in [9.17, 15) is 5.11 Å². The molecule has 1 aromatic heterocycles. The Morgan fingerprint density at radius 1 is 0.882 bits per heavy atom. The predicted molar refractivity (Wildman–Crippen MR) is 127 cm³/mol. The number of quaternary nitrogens is 1. The van der Waals surface area contributed by atoms with Gasteiger partial charge in [-0.05, 0) is 24.3 Å². The lowest BCUT2D eigenvalue weighted by Crippen LogP contribution is -2.40. The van der Waals surface area contributed by atoms with Gasteiger partial charge in [0.25, 0.3) is 5.89 Å². The molecule has 2 heterocycles. The highest BCUT2D eigenvalue weighted by Crippen LogP contribution is 2.49. The van der Waals surface area contributed by atoms with E-state index >= 15 is 0 Å². The first-order valence-corrected chi connectivity index (χ1v) is 11.4. The van der Waals surface area contributed by atoms with E-state index in [4.69, 9.17) is 14.0 Å². The zero-order chi connectivity index (χ0) is 23.6. The zero-order valence-electron chi connectivity index (χ0n) is 19.3. The van der Waals surface area contributed by atoms with E-state index in [0.29, 0.717) is 46.1 Å². The Balaban J connectivity index is 1.32. The Bertz CT molecular complexity index is 1220. The van der Waals surface area contributed by atoms with Crippen molar-refractivity contribution in [1.29, 1.82) is 0 Å². The van der Waals surface area contributed by atoms with E-state index < -0.39 is 5.60 Å². The van der Waals surface area contributed by atoms with Gasteiger partial charge in [-0.15, -0.1) is 0 Å².